The summed E-state index contributed by atoms with van der Waals surface area (Å²) in [6.45, 7) is 0.852. The van der Waals surface area contributed by atoms with E-state index in [-0.39, 0.29) is 5.60 Å². The first kappa shape index (κ1) is 10.1. The minimum Gasteiger partial charge on any atom is -0.389 e. The van der Waals surface area contributed by atoms with Crippen LogP contribution in [-0.2, 0) is 0 Å². The Morgan fingerprint density at radius 2 is 1.60 bits per heavy atom. The molecule has 2 nitrogen and oxygen atoms in total. The summed E-state index contributed by atoms with van der Waals surface area (Å²) < 4.78 is 0. The van der Waals surface area contributed by atoms with Gasteiger partial charge >= 0.3 is 0 Å². The van der Waals surface area contributed by atoms with Gasteiger partial charge in [-0.15, -0.1) is 0 Å². The minimum absolute atomic E-state index is 0.359. The lowest BCUT2D eigenvalue weighted by molar-refractivity contribution is 0.0432. The Bertz CT molecular complexity index is 215. The molecule has 0 bridgehead atoms. The third-order valence-electron chi connectivity index (χ3n) is 4.46. The number of hydrogen-bond donors (Lipinski definition) is 2. The standard InChI is InChI=1S/C13H23NO/c15-13(7-1-2-8-13)9-14-12(10-3-4-10)11-5-6-11/h10-12,14-15H,1-9H2. The van der Waals surface area contributed by atoms with Crippen LogP contribution in [0.2, 0.25) is 0 Å². The lowest BCUT2D eigenvalue weighted by Crippen LogP contribution is -2.44. The van der Waals surface area contributed by atoms with Crippen molar-refractivity contribution in [3.63, 3.8) is 0 Å². The summed E-state index contributed by atoms with van der Waals surface area (Å²) in [6.07, 6.45) is 10.2. The Hall–Kier alpha value is -0.0800. The normalized spacial score (nSPS) is 30.0. The monoisotopic (exact) mass is 209 g/mol. The zero-order valence-electron chi connectivity index (χ0n) is 9.54. The van der Waals surface area contributed by atoms with Crippen molar-refractivity contribution in [3.8, 4) is 0 Å². The second-order valence-electron chi connectivity index (χ2n) is 6.01. The number of hydrogen-bond acceptors (Lipinski definition) is 2. The molecule has 0 aromatic heterocycles. The van der Waals surface area contributed by atoms with Gasteiger partial charge in [0.2, 0.25) is 0 Å². The molecule has 3 saturated carbocycles. The Morgan fingerprint density at radius 3 is 2.07 bits per heavy atom. The van der Waals surface area contributed by atoms with Crippen LogP contribution >= 0.6 is 0 Å². The largest absolute Gasteiger partial charge is 0.389 e. The van der Waals surface area contributed by atoms with E-state index in [1.807, 2.05) is 0 Å². The highest BCUT2D eigenvalue weighted by atomic mass is 16.3. The van der Waals surface area contributed by atoms with Crippen molar-refractivity contribution >= 4 is 0 Å². The molecule has 0 heterocycles. The summed E-state index contributed by atoms with van der Waals surface area (Å²) in [5.74, 6) is 1.89. The van der Waals surface area contributed by atoms with E-state index in [1.165, 1.54) is 38.5 Å². The molecule has 3 fully saturated rings. The molecule has 0 atom stereocenters. The molecule has 2 N–H and O–H groups in total. The molecule has 0 amide bonds. The van der Waals surface area contributed by atoms with Crippen LogP contribution in [0.25, 0.3) is 0 Å². The Kier molecular flexibility index (Phi) is 2.52. The fraction of sp³-hybridized carbons (Fsp3) is 1.00. The van der Waals surface area contributed by atoms with Crippen molar-refractivity contribution in [3.05, 3.63) is 0 Å². The molecule has 2 heteroatoms. The average molecular weight is 209 g/mol. The van der Waals surface area contributed by atoms with Crippen molar-refractivity contribution in [1.29, 1.82) is 0 Å². The van der Waals surface area contributed by atoms with Gasteiger partial charge in [-0.2, -0.15) is 0 Å². The van der Waals surface area contributed by atoms with E-state index >= 15 is 0 Å². The van der Waals surface area contributed by atoms with Gasteiger partial charge in [0.15, 0.2) is 0 Å². The van der Waals surface area contributed by atoms with E-state index in [0.29, 0.717) is 0 Å². The molecule has 3 rings (SSSR count). The van der Waals surface area contributed by atoms with Gasteiger partial charge in [0, 0.05) is 12.6 Å². The van der Waals surface area contributed by atoms with Gasteiger partial charge in [0.05, 0.1) is 5.60 Å². The molecule has 0 spiro atoms. The van der Waals surface area contributed by atoms with Crippen LogP contribution in [0.15, 0.2) is 0 Å². The fourth-order valence-corrected chi connectivity index (χ4v) is 3.15. The number of nitrogens with one attached hydrogen (secondary N) is 1. The summed E-state index contributed by atoms with van der Waals surface area (Å²) in [7, 11) is 0. The molecule has 0 radical (unpaired) electrons. The van der Waals surface area contributed by atoms with Gasteiger partial charge in [-0.05, 0) is 50.4 Å². The summed E-state index contributed by atoms with van der Waals surface area (Å²) in [5.41, 5.74) is -0.359. The lowest BCUT2D eigenvalue weighted by Gasteiger charge is -2.27. The van der Waals surface area contributed by atoms with Gasteiger partial charge in [-0.25, -0.2) is 0 Å². The predicted molar refractivity (Wildman–Crippen MR) is 60.7 cm³/mol. The summed E-state index contributed by atoms with van der Waals surface area (Å²) in [4.78, 5) is 0. The van der Waals surface area contributed by atoms with Crippen LogP contribution in [0, 0.1) is 11.8 Å². The molecular formula is C13H23NO. The van der Waals surface area contributed by atoms with Crippen LogP contribution < -0.4 is 5.32 Å². The van der Waals surface area contributed by atoms with Crippen molar-refractivity contribution in [2.24, 2.45) is 11.8 Å². The molecule has 0 aromatic carbocycles. The van der Waals surface area contributed by atoms with E-state index < -0.39 is 0 Å². The first-order chi connectivity index (χ1) is 7.27. The second kappa shape index (κ2) is 3.74. The topological polar surface area (TPSA) is 32.3 Å². The van der Waals surface area contributed by atoms with Gasteiger partial charge in [0.25, 0.3) is 0 Å². The highest BCUT2D eigenvalue weighted by molar-refractivity contribution is 4.98. The predicted octanol–water partition coefficient (Wildman–Crippen LogP) is 2.07. The van der Waals surface area contributed by atoms with E-state index in [9.17, 15) is 5.11 Å². The SMILES string of the molecule is OC1(CNC(C2CC2)C2CC2)CCCC1. The smallest absolute Gasteiger partial charge is 0.0771 e. The quantitative estimate of drug-likeness (QED) is 0.726. The Balaban J connectivity index is 1.50. The summed E-state index contributed by atoms with van der Waals surface area (Å²) in [5, 5.41) is 14.0. The highest BCUT2D eigenvalue weighted by Crippen LogP contribution is 2.44. The first-order valence-electron chi connectivity index (χ1n) is 6.73. The molecule has 3 aliphatic carbocycles. The Morgan fingerprint density at radius 1 is 1.07 bits per heavy atom. The summed E-state index contributed by atoms with van der Waals surface area (Å²) in [6, 6.07) is 0.745. The van der Waals surface area contributed by atoms with Gasteiger partial charge < -0.3 is 10.4 Å². The maximum absolute atomic E-state index is 10.3. The van der Waals surface area contributed by atoms with Gasteiger partial charge in [-0.1, -0.05) is 12.8 Å². The number of aliphatic hydroxyl groups is 1. The van der Waals surface area contributed by atoms with E-state index in [1.54, 1.807) is 0 Å². The Labute approximate surface area is 92.4 Å². The fourth-order valence-electron chi connectivity index (χ4n) is 3.15. The molecule has 86 valence electrons. The van der Waals surface area contributed by atoms with Crippen LogP contribution in [0.3, 0.4) is 0 Å². The van der Waals surface area contributed by atoms with Crippen molar-refractivity contribution in [1.82, 2.24) is 5.32 Å². The maximum atomic E-state index is 10.3. The molecule has 15 heavy (non-hydrogen) atoms. The molecular weight excluding hydrogens is 186 g/mol. The van der Waals surface area contributed by atoms with Crippen LogP contribution in [0.4, 0.5) is 0 Å². The molecule has 0 saturated heterocycles. The zero-order valence-corrected chi connectivity index (χ0v) is 9.54. The van der Waals surface area contributed by atoms with Gasteiger partial charge in [0.1, 0.15) is 0 Å². The molecule has 0 aliphatic heterocycles. The van der Waals surface area contributed by atoms with E-state index in [0.717, 1.165) is 37.3 Å². The van der Waals surface area contributed by atoms with E-state index in [4.69, 9.17) is 0 Å². The average Bonchev–Trinajstić information content (AvgIpc) is 3.09. The first-order valence-corrected chi connectivity index (χ1v) is 6.73. The minimum atomic E-state index is -0.359. The van der Waals surface area contributed by atoms with Crippen molar-refractivity contribution < 1.29 is 5.11 Å². The molecule has 0 unspecified atom stereocenters. The molecule has 3 aliphatic rings. The zero-order chi connectivity index (χ0) is 10.3. The third kappa shape index (κ3) is 2.36. The van der Waals surface area contributed by atoms with Crippen molar-refractivity contribution in [2.75, 3.05) is 6.54 Å². The number of rotatable bonds is 5. The highest BCUT2D eigenvalue weighted by Gasteiger charge is 2.42. The third-order valence-corrected chi connectivity index (χ3v) is 4.46. The second-order valence-corrected chi connectivity index (χ2v) is 6.01. The lowest BCUT2D eigenvalue weighted by atomic mass is 10.0. The van der Waals surface area contributed by atoms with E-state index in [2.05, 4.69) is 5.32 Å². The summed E-state index contributed by atoms with van der Waals surface area (Å²) >= 11 is 0. The van der Waals surface area contributed by atoms with Crippen molar-refractivity contribution in [2.45, 2.75) is 63.0 Å². The maximum Gasteiger partial charge on any atom is 0.0771 e. The van der Waals surface area contributed by atoms with Crippen LogP contribution in [-0.4, -0.2) is 23.3 Å². The molecule has 0 aromatic rings. The van der Waals surface area contributed by atoms with Gasteiger partial charge in [-0.3, -0.25) is 0 Å². The van der Waals surface area contributed by atoms with Crippen LogP contribution in [0.1, 0.15) is 51.4 Å². The van der Waals surface area contributed by atoms with Crippen LogP contribution in [0.5, 0.6) is 0 Å².